The third-order valence-corrected chi connectivity index (χ3v) is 6.34. The average Bonchev–Trinajstić information content (AvgIpc) is 3.25. The Morgan fingerprint density at radius 3 is 2.50 bits per heavy atom. The van der Waals surface area contributed by atoms with Crippen molar-refractivity contribution < 1.29 is 23.1 Å². The highest BCUT2D eigenvalue weighted by atomic mass is 32.2. The lowest BCUT2D eigenvalue weighted by Gasteiger charge is -2.15. The van der Waals surface area contributed by atoms with E-state index in [0.717, 1.165) is 12.8 Å². The predicted molar refractivity (Wildman–Crippen MR) is 104 cm³/mol. The summed E-state index contributed by atoms with van der Waals surface area (Å²) >= 11 is 0. The van der Waals surface area contributed by atoms with Gasteiger partial charge in [-0.2, -0.15) is 9.41 Å². The fourth-order valence-corrected chi connectivity index (χ4v) is 4.36. The van der Waals surface area contributed by atoms with E-state index in [-0.39, 0.29) is 16.2 Å². The molecule has 1 fully saturated rings. The SMILES string of the molecule is COc1ccc(O)c(/C=N/NC(=O)c2ccc(S(=O)(=O)N3CCCC3)cc2)c1. The number of benzene rings is 2. The molecule has 1 heterocycles. The Morgan fingerprint density at radius 1 is 1.18 bits per heavy atom. The summed E-state index contributed by atoms with van der Waals surface area (Å²) in [6.07, 6.45) is 3.02. The molecule has 1 aliphatic heterocycles. The lowest BCUT2D eigenvalue weighted by Crippen LogP contribution is -2.28. The Morgan fingerprint density at radius 2 is 1.86 bits per heavy atom. The molecule has 1 aliphatic rings. The number of carbonyl (C=O) groups is 1. The fraction of sp³-hybridized carbons (Fsp3) is 0.263. The van der Waals surface area contributed by atoms with Crippen LogP contribution in [-0.2, 0) is 10.0 Å². The summed E-state index contributed by atoms with van der Waals surface area (Å²) in [7, 11) is -2.01. The molecule has 8 nitrogen and oxygen atoms in total. The van der Waals surface area contributed by atoms with E-state index in [0.29, 0.717) is 24.4 Å². The molecule has 0 spiro atoms. The number of hydrogen-bond donors (Lipinski definition) is 2. The van der Waals surface area contributed by atoms with Crippen molar-refractivity contribution in [2.24, 2.45) is 5.10 Å². The molecule has 1 amide bonds. The topological polar surface area (TPSA) is 108 Å². The number of aromatic hydroxyl groups is 1. The zero-order valence-corrected chi connectivity index (χ0v) is 16.1. The number of sulfonamides is 1. The smallest absolute Gasteiger partial charge is 0.271 e. The molecule has 0 bridgehead atoms. The molecule has 2 N–H and O–H groups in total. The van der Waals surface area contributed by atoms with E-state index in [1.807, 2.05) is 0 Å². The van der Waals surface area contributed by atoms with E-state index in [1.165, 1.54) is 48.0 Å². The second-order valence-electron chi connectivity index (χ2n) is 6.26. The van der Waals surface area contributed by atoms with E-state index in [9.17, 15) is 18.3 Å². The Bertz CT molecular complexity index is 981. The Balaban J connectivity index is 1.67. The molecule has 148 valence electrons. The molecule has 0 unspecified atom stereocenters. The van der Waals surface area contributed by atoms with E-state index < -0.39 is 15.9 Å². The van der Waals surface area contributed by atoms with Gasteiger partial charge in [0, 0.05) is 24.2 Å². The lowest BCUT2D eigenvalue weighted by atomic mass is 10.2. The van der Waals surface area contributed by atoms with Crippen LogP contribution >= 0.6 is 0 Å². The number of nitrogens with zero attached hydrogens (tertiary/aromatic N) is 2. The minimum atomic E-state index is -3.51. The van der Waals surface area contributed by atoms with Gasteiger partial charge in [0.15, 0.2) is 0 Å². The van der Waals surface area contributed by atoms with E-state index >= 15 is 0 Å². The number of carbonyl (C=O) groups excluding carboxylic acids is 1. The number of rotatable bonds is 6. The highest BCUT2D eigenvalue weighted by molar-refractivity contribution is 7.89. The molecule has 28 heavy (non-hydrogen) atoms. The van der Waals surface area contributed by atoms with Gasteiger partial charge in [-0.3, -0.25) is 4.79 Å². The van der Waals surface area contributed by atoms with Crippen molar-refractivity contribution in [2.75, 3.05) is 20.2 Å². The van der Waals surface area contributed by atoms with Crippen LogP contribution in [0, 0.1) is 0 Å². The van der Waals surface area contributed by atoms with Crippen molar-refractivity contribution in [1.29, 1.82) is 0 Å². The number of nitrogens with one attached hydrogen (secondary N) is 1. The summed E-state index contributed by atoms with van der Waals surface area (Å²) in [5.41, 5.74) is 3.00. The first-order chi connectivity index (χ1) is 13.4. The molecular weight excluding hydrogens is 382 g/mol. The van der Waals surface area contributed by atoms with Gasteiger partial charge in [0.25, 0.3) is 5.91 Å². The summed E-state index contributed by atoms with van der Waals surface area (Å²) in [5, 5.41) is 13.6. The summed E-state index contributed by atoms with van der Waals surface area (Å²) in [6.45, 7) is 1.05. The van der Waals surface area contributed by atoms with Gasteiger partial charge in [0.2, 0.25) is 10.0 Å². The first-order valence-electron chi connectivity index (χ1n) is 8.72. The summed E-state index contributed by atoms with van der Waals surface area (Å²) in [5.74, 6) is 0.0411. The monoisotopic (exact) mass is 403 g/mol. The first kappa shape index (κ1) is 19.8. The highest BCUT2D eigenvalue weighted by Crippen LogP contribution is 2.22. The molecule has 0 aliphatic carbocycles. The molecule has 0 radical (unpaired) electrons. The van der Waals surface area contributed by atoms with Gasteiger partial charge in [0.05, 0.1) is 18.2 Å². The fourth-order valence-electron chi connectivity index (χ4n) is 2.84. The Labute approximate surface area is 163 Å². The number of methoxy groups -OCH3 is 1. The van der Waals surface area contributed by atoms with Gasteiger partial charge in [-0.15, -0.1) is 0 Å². The van der Waals surface area contributed by atoms with Crippen LogP contribution in [0.4, 0.5) is 0 Å². The molecule has 3 rings (SSSR count). The second kappa shape index (κ2) is 8.41. The zero-order chi connectivity index (χ0) is 20.1. The number of amides is 1. The second-order valence-corrected chi connectivity index (χ2v) is 8.20. The summed E-state index contributed by atoms with van der Waals surface area (Å²) in [4.78, 5) is 12.4. The Kier molecular flexibility index (Phi) is 5.96. The normalized spacial score (nSPS) is 15.0. The number of hydrogen-bond acceptors (Lipinski definition) is 6. The van der Waals surface area contributed by atoms with Crippen molar-refractivity contribution in [3.8, 4) is 11.5 Å². The van der Waals surface area contributed by atoms with Crippen LogP contribution in [0.1, 0.15) is 28.8 Å². The maximum Gasteiger partial charge on any atom is 0.271 e. The molecular formula is C19H21N3O5S. The summed E-state index contributed by atoms with van der Waals surface area (Å²) in [6, 6.07) is 10.3. The first-order valence-corrected chi connectivity index (χ1v) is 10.2. The van der Waals surface area contributed by atoms with Crippen molar-refractivity contribution >= 4 is 22.1 Å². The maximum atomic E-state index is 12.5. The third kappa shape index (κ3) is 4.32. The summed E-state index contributed by atoms with van der Waals surface area (Å²) < 4.78 is 31.5. The van der Waals surface area contributed by atoms with Gasteiger partial charge in [-0.1, -0.05) is 0 Å². The molecule has 0 atom stereocenters. The Hall–Kier alpha value is -2.91. The standard InChI is InChI=1S/C19H21N3O5S/c1-27-16-6-9-18(23)15(12-16)13-20-21-19(24)14-4-7-17(8-5-14)28(25,26)22-10-2-3-11-22/h4-9,12-13,23H,2-3,10-11H2,1H3,(H,21,24)/b20-13+. The van der Waals surface area contributed by atoms with E-state index in [4.69, 9.17) is 4.74 Å². The lowest BCUT2D eigenvalue weighted by molar-refractivity contribution is 0.0955. The minimum absolute atomic E-state index is 0.00438. The largest absolute Gasteiger partial charge is 0.507 e. The molecule has 9 heteroatoms. The van der Waals surface area contributed by atoms with Gasteiger partial charge in [-0.05, 0) is 55.3 Å². The third-order valence-electron chi connectivity index (χ3n) is 4.42. The predicted octanol–water partition coefficient (Wildman–Crippen LogP) is 1.95. The zero-order valence-electron chi connectivity index (χ0n) is 15.3. The van der Waals surface area contributed by atoms with Crippen LogP contribution in [0.2, 0.25) is 0 Å². The molecule has 2 aromatic rings. The number of ether oxygens (including phenoxy) is 1. The minimum Gasteiger partial charge on any atom is -0.507 e. The average molecular weight is 403 g/mol. The molecule has 0 saturated carbocycles. The van der Waals surface area contributed by atoms with Crippen LogP contribution in [-0.4, -0.2) is 50.2 Å². The van der Waals surface area contributed by atoms with Crippen molar-refractivity contribution in [3.05, 3.63) is 53.6 Å². The van der Waals surface area contributed by atoms with Gasteiger partial charge < -0.3 is 9.84 Å². The highest BCUT2D eigenvalue weighted by Gasteiger charge is 2.27. The number of phenolic OH excluding ortho intramolecular Hbond substituents is 1. The molecule has 0 aromatic heterocycles. The maximum absolute atomic E-state index is 12.5. The van der Waals surface area contributed by atoms with Crippen LogP contribution in [0.25, 0.3) is 0 Å². The van der Waals surface area contributed by atoms with Crippen molar-refractivity contribution in [2.45, 2.75) is 17.7 Å². The van der Waals surface area contributed by atoms with Crippen molar-refractivity contribution in [3.63, 3.8) is 0 Å². The number of hydrazone groups is 1. The van der Waals surface area contributed by atoms with Crippen LogP contribution in [0.5, 0.6) is 11.5 Å². The van der Waals surface area contributed by atoms with Crippen LogP contribution in [0.3, 0.4) is 0 Å². The van der Waals surface area contributed by atoms with E-state index in [1.54, 1.807) is 12.1 Å². The van der Waals surface area contributed by atoms with Crippen LogP contribution < -0.4 is 10.2 Å². The van der Waals surface area contributed by atoms with Gasteiger partial charge >= 0.3 is 0 Å². The van der Waals surface area contributed by atoms with Gasteiger partial charge in [0.1, 0.15) is 11.5 Å². The van der Waals surface area contributed by atoms with E-state index in [2.05, 4.69) is 10.5 Å². The van der Waals surface area contributed by atoms with Crippen molar-refractivity contribution in [1.82, 2.24) is 9.73 Å². The molecule has 1 saturated heterocycles. The van der Waals surface area contributed by atoms with Crippen LogP contribution in [0.15, 0.2) is 52.5 Å². The van der Waals surface area contributed by atoms with Gasteiger partial charge in [-0.25, -0.2) is 13.8 Å². The quantitative estimate of drug-likeness (QED) is 0.566. The molecule has 2 aromatic carbocycles. The number of phenols is 1.